The summed E-state index contributed by atoms with van der Waals surface area (Å²) in [6.07, 6.45) is 1.10. The number of hydrogen-bond acceptors (Lipinski definition) is 2. The van der Waals surface area contributed by atoms with Gasteiger partial charge in [0.05, 0.1) is 11.0 Å². The quantitative estimate of drug-likeness (QED) is 0.693. The monoisotopic (exact) mass is 249 g/mol. The Bertz CT molecular complexity index is 713. The summed E-state index contributed by atoms with van der Waals surface area (Å²) in [4.78, 5) is 8.12. The minimum Gasteiger partial charge on any atom is -0.384 e. The van der Waals surface area contributed by atoms with Crippen molar-refractivity contribution in [3.8, 4) is 11.4 Å². The second-order valence-electron chi connectivity index (χ2n) is 5.15. The van der Waals surface area contributed by atoms with E-state index in [1.54, 1.807) is 0 Å². The first kappa shape index (κ1) is 10.6. The number of aryl methyl sites for hydroxylation is 1. The fourth-order valence-electron chi connectivity index (χ4n) is 2.65. The molecule has 3 heteroatoms. The van der Waals surface area contributed by atoms with Gasteiger partial charge in [-0.25, -0.2) is 4.98 Å². The molecule has 2 N–H and O–H groups in total. The molecule has 1 aromatic heterocycles. The molecule has 0 radical (unpaired) electrons. The number of benzene rings is 2. The van der Waals surface area contributed by atoms with Crippen LogP contribution < -0.4 is 5.32 Å². The van der Waals surface area contributed by atoms with Gasteiger partial charge < -0.3 is 10.3 Å². The molecule has 0 amide bonds. The third kappa shape index (κ3) is 1.70. The van der Waals surface area contributed by atoms with Crippen LogP contribution in [-0.4, -0.2) is 16.5 Å². The van der Waals surface area contributed by atoms with Crippen LogP contribution in [0.4, 0.5) is 5.69 Å². The van der Waals surface area contributed by atoms with Gasteiger partial charge in [-0.2, -0.15) is 0 Å². The Kier molecular flexibility index (Phi) is 2.15. The maximum Gasteiger partial charge on any atom is 0.138 e. The minimum absolute atomic E-state index is 0.943. The molecule has 0 fully saturated rings. The van der Waals surface area contributed by atoms with Crippen LogP contribution in [-0.2, 0) is 6.42 Å². The molecule has 3 nitrogen and oxygen atoms in total. The largest absolute Gasteiger partial charge is 0.384 e. The lowest BCUT2D eigenvalue weighted by molar-refractivity contribution is 1.11. The fourth-order valence-corrected chi connectivity index (χ4v) is 2.65. The molecule has 0 saturated heterocycles. The van der Waals surface area contributed by atoms with Crippen molar-refractivity contribution in [1.29, 1.82) is 0 Å². The molecule has 1 aliphatic rings. The molecule has 4 rings (SSSR count). The fraction of sp³-hybridized carbons (Fsp3) is 0.188. The van der Waals surface area contributed by atoms with Crippen molar-refractivity contribution < 1.29 is 0 Å². The number of rotatable bonds is 1. The highest BCUT2D eigenvalue weighted by Gasteiger charge is 2.13. The van der Waals surface area contributed by atoms with E-state index in [4.69, 9.17) is 4.98 Å². The standard InChI is InChI=1S/C16H15N3/c1-10-2-4-11(5-3-10)16-18-14-8-12-6-7-17-13(12)9-15(14)19-16/h2-5,8-9,17H,6-7H2,1H3,(H,18,19). The van der Waals surface area contributed by atoms with Crippen LogP contribution in [0.15, 0.2) is 36.4 Å². The molecular formula is C16H15N3. The van der Waals surface area contributed by atoms with Gasteiger partial charge in [0.1, 0.15) is 5.82 Å². The molecule has 94 valence electrons. The van der Waals surface area contributed by atoms with Gasteiger partial charge in [0.15, 0.2) is 0 Å². The first-order valence-electron chi connectivity index (χ1n) is 6.63. The number of imidazole rings is 1. The van der Waals surface area contributed by atoms with Crippen LogP contribution in [0.2, 0.25) is 0 Å². The van der Waals surface area contributed by atoms with Crippen LogP contribution in [0.3, 0.4) is 0 Å². The zero-order valence-corrected chi connectivity index (χ0v) is 10.8. The molecule has 0 bridgehead atoms. The molecule has 1 aliphatic heterocycles. The van der Waals surface area contributed by atoms with Crippen molar-refractivity contribution in [1.82, 2.24) is 9.97 Å². The Hall–Kier alpha value is -2.29. The Labute approximate surface area is 111 Å². The number of aromatic nitrogens is 2. The lowest BCUT2D eigenvalue weighted by atomic mass is 10.1. The first-order chi connectivity index (χ1) is 9.29. The predicted molar refractivity (Wildman–Crippen MR) is 78.5 cm³/mol. The third-order valence-corrected chi connectivity index (χ3v) is 3.74. The second-order valence-corrected chi connectivity index (χ2v) is 5.15. The number of nitrogens with zero attached hydrogens (tertiary/aromatic N) is 1. The minimum atomic E-state index is 0.943. The number of H-pyrrole nitrogens is 1. The highest BCUT2D eigenvalue weighted by molar-refractivity contribution is 5.85. The Balaban J connectivity index is 1.86. The van der Waals surface area contributed by atoms with E-state index in [1.807, 2.05) is 0 Å². The van der Waals surface area contributed by atoms with Crippen LogP contribution in [0.1, 0.15) is 11.1 Å². The van der Waals surface area contributed by atoms with Gasteiger partial charge in [-0.1, -0.05) is 29.8 Å². The summed E-state index contributed by atoms with van der Waals surface area (Å²) in [5, 5.41) is 3.39. The molecule has 0 saturated carbocycles. The SMILES string of the molecule is Cc1ccc(-c2nc3cc4c(cc3[nH]2)CCN4)cc1. The highest BCUT2D eigenvalue weighted by Crippen LogP contribution is 2.29. The molecular weight excluding hydrogens is 234 g/mol. The van der Waals surface area contributed by atoms with Gasteiger partial charge in [0.25, 0.3) is 0 Å². The van der Waals surface area contributed by atoms with Gasteiger partial charge in [-0.15, -0.1) is 0 Å². The van der Waals surface area contributed by atoms with Crippen molar-refractivity contribution in [3.05, 3.63) is 47.5 Å². The van der Waals surface area contributed by atoms with Gasteiger partial charge >= 0.3 is 0 Å². The van der Waals surface area contributed by atoms with Crippen molar-refractivity contribution >= 4 is 16.7 Å². The predicted octanol–water partition coefficient (Wildman–Crippen LogP) is 3.51. The normalized spacial score (nSPS) is 13.5. The van der Waals surface area contributed by atoms with E-state index in [9.17, 15) is 0 Å². The first-order valence-corrected chi connectivity index (χ1v) is 6.63. The second kappa shape index (κ2) is 3.85. The van der Waals surface area contributed by atoms with Gasteiger partial charge in [-0.3, -0.25) is 0 Å². The van der Waals surface area contributed by atoms with E-state index >= 15 is 0 Å². The van der Waals surface area contributed by atoms with E-state index in [1.165, 1.54) is 16.8 Å². The van der Waals surface area contributed by atoms with Crippen molar-refractivity contribution in [2.45, 2.75) is 13.3 Å². The van der Waals surface area contributed by atoms with Gasteiger partial charge in [-0.05, 0) is 31.0 Å². The molecule has 2 heterocycles. The smallest absolute Gasteiger partial charge is 0.138 e. The lowest BCUT2D eigenvalue weighted by Gasteiger charge is -1.97. The molecule has 0 atom stereocenters. The molecule has 2 aromatic carbocycles. The highest BCUT2D eigenvalue weighted by atomic mass is 14.9. The summed E-state index contributed by atoms with van der Waals surface area (Å²) in [6, 6.07) is 12.8. The number of nitrogens with one attached hydrogen (secondary N) is 2. The van der Waals surface area contributed by atoms with E-state index < -0.39 is 0 Å². The number of fused-ring (bicyclic) bond motifs is 2. The number of aromatic amines is 1. The van der Waals surface area contributed by atoms with E-state index in [0.717, 1.165) is 35.4 Å². The van der Waals surface area contributed by atoms with Crippen LogP contribution in [0, 0.1) is 6.92 Å². The molecule has 0 unspecified atom stereocenters. The summed E-state index contributed by atoms with van der Waals surface area (Å²) >= 11 is 0. The average Bonchev–Trinajstić information content (AvgIpc) is 3.01. The zero-order chi connectivity index (χ0) is 12.8. The Morgan fingerprint density at radius 1 is 1.11 bits per heavy atom. The third-order valence-electron chi connectivity index (χ3n) is 3.74. The van der Waals surface area contributed by atoms with Crippen LogP contribution >= 0.6 is 0 Å². The number of anilines is 1. The number of hydrogen-bond donors (Lipinski definition) is 2. The van der Waals surface area contributed by atoms with E-state index in [-0.39, 0.29) is 0 Å². The topological polar surface area (TPSA) is 40.7 Å². The molecule has 3 aromatic rings. The molecule has 19 heavy (non-hydrogen) atoms. The van der Waals surface area contributed by atoms with Crippen LogP contribution in [0.5, 0.6) is 0 Å². The average molecular weight is 249 g/mol. The molecule has 0 spiro atoms. The summed E-state index contributed by atoms with van der Waals surface area (Å²) in [6.45, 7) is 3.13. The van der Waals surface area contributed by atoms with E-state index in [2.05, 4.69) is 53.6 Å². The van der Waals surface area contributed by atoms with Crippen molar-refractivity contribution in [3.63, 3.8) is 0 Å². The maximum atomic E-state index is 4.69. The summed E-state index contributed by atoms with van der Waals surface area (Å²) in [7, 11) is 0. The summed E-state index contributed by atoms with van der Waals surface area (Å²) in [5.41, 5.74) is 7.17. The Morgan fingerprint density at radius 3 is 2.79 bits per heavy atom. The summed E-state index contributed by atoms with van der Waals surface area (Å²) in [5.74, 6) is 0.943. The van der Waals surface area contributed by atoms with Gasteiger partial charge in [0, 0.05) is 17.8 Å². The van der Waals surface area contributed by atoms with Crippen molar-refractivity contribution in [2.75, 3.05) is 11.9 Å². The van der Waals surface area contributed by atoms with Gasteiger partial charge in [0.2, 0.25) is 0 Å². The summed E-state index contributed by atoms with van der Waals surface area (Å²) < 4.78 is 0. The van der Waals surface area contributed by atoms with Crippen LogP contribution in [0.25, 0.3) is 22.4 Å². The van der Waals surface area contributed by atoms with E-state index in [0.29, 0.717) is 0 Å². The molecule has 0 aliphatic carbocycles. The zero-order valence-electron chi connectivity index (χ0n) is 10.8. The maximum absolute atomic E-state index is 4.69. The lowest BCUT2D eigenvalue weighted by Crippen LogP contribution is -1.90. The Morgan fingerprint density at radius 2 is 1.95 bits per heavy atom. The van der Waals surface area contributed by atoms with Crippen molar-refractivity contribution in [2.24, 2.45) is 0 Å².